The van der Waals surface area contributed by atoms with Crippen LogP contribution in [0.4, 0.5) is 32.0 Å². The number of hydrogen-bond acceptors (Lipinski definition) is 4. The molecule has 0 aromatic heterocycles. The normalized spacial score (nSPS) is 20.2. The van der Waals surface area contributed by atoms with E-state index < -0.39 is 47.1 Å². The van der Waals surface area contributed by atoms with E-state index in [-0.39, 0.29) is 22.9 Å². The highest BCUT2D eigenvalue weighted by Crippen LogP contribution is 2.55. The van der Waals surface area contributed by atoms with Crippen molar-refractivity contribution in [2.24, 2.45) is 5.92 Å². The smallest absolute Gasteiger partial charge is 0.425 e. The van der Waals surface area contributed by atoms with Crippen molar-refractivity contribution >= 4 is 11.7 Å². The van der Waals surface area contributed by atoms with Gasteiger partial charge in [-0.1, -0.05) is 60.7 Å². The Balaban J connectivity index is 1.82. The quantitative estimate of drug-likeness (QED) is 0.109. The summed E-state index contributed by atoms with van der Waals surface area (Å²) in [5.41, 5.74) is 0.294. The van der Waals surface area contributed by atoms with Gasteiger partial charge in [0.25, 0.3) is 5.69 Å². The summed E-state index contributed by atoms with van der Waals surface area (Å²) in [6, 6.07) is 17.9. The standard InChI is InChI=1S/C27H19F6NO4/c28-26(29,30)15-14-21-19-8-4-5-9-20(19)22(16-6-2-1-3-7-16)23(21)24(27(31,32)33)38-25(35)17-10-12-18(13-11-17)34(36)37/h1-15,21-24H/b15-14+/t21-,22+,23+,24+/m0/s1. The third-order valence-corrected chi connectivity index (χ3v) is 6.36. The lowest BCUT2D eigenvalue weighted by atomic mass is 9.78. The van der Waals surface area contributed by atoms with E-state index in [9.17, 15) is 41.3 Å². The first-order chi connectivity index (χ1) is 17.9. The first-order valence-corrected chi connectivity index (χ1v) is 11.3. The molecule has 0 N–H and O–H groups in total. The maximum Gasteiger partial charge on any atom is 0.425 e. The average Bonchev–Trinajstić information content (AvgIpc) is 3.19. The third-order valence-electron chi connectivity index (χ3n) is 6.36. The van der Waals surface area contributed by atoms with Crippen LogP contribution in [0, 0.1) is 16.0 Å². The van der Waals surface area contributed by atoms with Crippen LogP contribution < -0.4 is 0 Å². The summed E-state index contributed by atoms with van der Waals surface area (Å²) in [7, 11) is 0. The minimum Gasteiger partial charge on any atom is -0.449 e. The molecular weight excluding hydrogens is 516 g/mol. The molecule has 1 aliphatic rings. The van der Waals surface area contributed by atoms with Crippen molar-refractivity contribution < 1.29 is 40.8 Å². The molecule has 1 aliphatic carbocycles. The molecule has 0 aliphatic heterocycles. The van der Waals surface area contributed by atoms with Crippen molar-refractivity contribution in [3.05, 3.63) is 123 Å². The molecule has 0 saturated carbocycles. The van der Waals surface area contributed by atoms with Crippen LogP contribution in [0.5, 0.6) is 0 Å². The number of benzene rings is 3. The lowest BCUT2D eigenvalue weighted by Gasteiger charge is -2.33. The van der Waals surface area contributed by atoms with Crippen molar-refractivity contribution in [1.82, 2.24) is 0 Å². The first kappa shape index (κ1) is 26.9. The maximum absolute atomic E-state index is 14.6. The van der Waals surface area contributed by atoms with Crippen LogP contribution >= 0.6 is 0 Å². The Hall–Kier alpha value is -4.15. The number of carbonyl (C=O) groups is 1. The van der Waals surface area contributed by atoms with E-state index in [1.54, 1.807) is 42.5 Å². The summed E-state index contributed by atoms with van der Waals surface area (Å²) < 4.78 is 88.1. The number of ether oxygens (including phenoxy) is 1. The molecule has 0 amide bonds. The Morgan fingerprint density at radius 3 is 2.00 bits per heavy atom. The molecule has 0 heterocycles. The summed E-state index contributed by atoms with van der Waals surface area (Å²) in [5, 5.41) is 10.9. The number of esters is 1. The number of carbonyl (C=O) groups excluding carboxylic acids is 1. The molecule has 198 valence electrons. The largest absolute Gasteiger partial charge is 0.449 e. The minimum absolute atomic E-state index is 0.111. The number of non-ortho nitro benzene ring substituents is 1. The minimum atomic E-state index is -5.15. The van der Waals surface area contributed by atoms with E-state index in [1.807, 2.05) is 0 Å². The Kier molecular flexibility index (Phi) is 7.30. The van der Waals surface area contributed by atoms with Gasteiger partial charge in [0.2, 0.25) is 6.10 Å². The molecule has 0 spiro atoms. The molecule has 0 bridgehead atoms. The molecule has 3 aromatic carbocycles. The number of alkyl halides is 6. The van der Waals surface area contributed by atoms with Gasteiger partial charge in [0, 0.05) is 36.0 Å². The lowest BCUT2D eigenvalue weighted by molar-refractivity contribution is -0.384. The number of hydrogen-bond donors (Lipinski definition) is 0. The zero-order valence-corrected chi connectivity index (χ0v) is 19.3. The molecule has 0 fully saturated rings. The summed E-state index contributed by atoms with van der Waals surface area (Å²) in [6.07, 6.45) is -12.2. The van der Waals surface area contributed by atoms with E-state index in [0.29, 0.717) is 17.2 Å². The van der Waals surface area contributed by atoms with Gasteiger partial charge < -0.3 is 4.74 Å². The molecule has 11 heteroatoms. The van der Waals surface area contributed by atoms with E-state index >= 15 is 0 Å². The summed E-state index contributed by atoms with van der Waals surface area (Å²) >= 11 is 0. The second-order valence-corrected chi connectivity index (χ2v) is 8.69. The van der Waals surface area contributed by atoms with Gasteiger partial charge in [-0.2, -0.15) is 26.3 Å². The summed E-state index contributed by atoms with van der Waals surface area (Å²) in [6.45, 7) is 0. The van der Waals surface area contributed by atoms with Gasteiger partial charge in [-0.25, -0.2) is 4.79 Å². The second kappa shape index (κ2) is 10.3. The van der Waals surface area contributed by atoms with Crippen molar-refractivity contribution in [3.8, 4) is 0 Å². The fraction of sp³-hybridized carbons (Fsp3) is 0.222. The molecule has 4 atom stereocenters. The predicted octanol–water partition coefficient (Wildman–Crippen LogP) is 7.35. The molecule has 3 aromatic rings. The summed E-state index contributed by atoms with van der Waals surface area (Å²) in [4.78, 5) is 22.9. The van der Waals surface area contributed by atoms with E-state index in [1.165, 1.54) is 12.1 Å². The molecule has 0 radical (unpaired) electrons. The molecule has 4 rings (SSSR count). The van der Waals surface area contributed by atoms with Crippen molar-refractivity contribution in [2.45, 2.75) is 30.3 Å². The van der Waals surface area contributed by atoms with Gasteiger partial charge in [-0.15, -0.1) is 0 Å². The predicted molar refractivity (Wildman–Crippen MR) is 125 cm³/mol. The van der Waals surface area contributed by atoms with Crippen LogP contribution in [0.3, 0.4) is 0 Å². The van der Waals surface area contributed by atoms with Crippen LogP contribution in [0.1, 0.15) is 38.9 Å². The Bertz CT molecular complexity index is 1340. The fourth-order valence-electron chi connectivity index (χ4n) is 4.86. The number of nitrogens with zero attached hydrogens (tertiary/aromatic N) is 1. The average molecular weight is 535 g/mol. The number of halogens is 6. The zero-order valence-electron chi connectivity index (χ0n) is 19.3. The fourth-order valence-corrected chi connectivity index (χ4v) is 4.86. The van der Waals surface area contributed by atoms with Gasteiger partial charge in [-0.3, -0.25) is 10.1 Å². The maximum atomic E-state index is 14.6. The lowest BCUT2D eigenvalue weighted by Crippen LogP contribution is -2.43. The Morgan fingerprint density at radius 1 is 0.868 bits per heavy atom. The second-order valence-electron chi connectivity index (χ2n) is 8.69. The Labute approximate surface area is 212 Å². The Morgan fingerprint density at radius 2 is 1.45 bits per heavy atom. The highest BCUT2D eigenvalue weighted by atomic mass is 19.4. The van der Waals surface area contributed by atoms with Gasteiger partial charge in [0.1, 0.15) is 0 Å². The number of nitro benzene ring substituents is 1. The molecule has 0 unspecified atom stereocenters. The molecule has 5 nitrogen and oxygen atoms in total. The van der Waals surface area contributed by atoms with Crippen LogP contribution in [0.25, 0.3) is 0 Å². The number of rotatable bonds is 6. The van der Waals surface area contributed by atoms with Crippen LogP contribution in [-0.2, 0) is 4.74 Å². The van der Waals surface area contributed by atoms with Gasteiger partial charge in [0.15, 0.2) is 0 Å². The zero-order chi connectivity index (χ0) is 27.7. The topological polar surface area (TPSA) is 69.4 Å². The first-order valence-electron chi connectivity index (χ1n) is 11.3. The van der Waals surface area contributed by atoms with E-state index in [0.717, 1.165) is 24.3 Å². The van der Waals surface area contributed by atoms with Gasteiger partial charge >= 0.3 is 18.3 Å². The number of nitro groups is 1. The number of allylic oxidation sites excluding steroid dienone is 2. The van der Waals surface area contributed by atoms with Crippen molar-refractivity contribution in [2.75, 3.05) is 0 Å². The number of fused-ring (bicyclic) bond motifs is 1. The molecular formula is C27H19F6NO4. The summed E-state index contributed by atoms with van der Waals surface area (Å²) in [5.74, 6) is -5.53. The van der Waals surface area contributed by atoms with Gasteiger partial charge in [0.05, 0.1) is 10.5 Å². The van der Waals surface area contributed by atoms with E-state index in [4.69, 9.17) is 4.74 Å². The van der Waals surface area contributed by atoms with Gasteiger partial charge in [-0.05, 0) is 28.8 Å². The monoisotopic (exact) mass is 535 g/mol. The third kappa shape index (κ3) is 5.71. The SMILES string of the molecule is O=C(O[C@H]([C@H]1[C@H](c2ccccc2)c2ccccc2[C@@H]1/C=C/C(F)(F)F)C(F)(F)F)c1ccc([N+](=O)[O-])cc1. The molecule has 38 heavy (non-hydrogen) atoms. The molecule has 0 saturated heterocycles. The highest BCUT2D eigenvalue weighted by Gasteiger charge is 2.56. The van der Waals surface area contributed by atoms with E-state index in [2.05, 4.69) is 0 Å². The highest BCUT2D eigenvalue weighted by molar-refractivity contribution is 5.89. The van der Waals surface area contributed by atoms with Crippen molar-refractivity contribution in [3.63, 3.8) is 0 Å². The van der Waals surface area contributed by atoms with Crippen LogP contribution in [0.15, 0.2) is 91.0 Å². The van der Waals surface area contributed by atoms with Crippen LogP contribution in [0.2, 0.25) is 0 Å². The van der Waals surface area contributed by atoms with Crippen molar-refractivity contribution in [1.29, 1.82) is 0 Å². The van der Waals surface area contributed by atoms with Crippen LogP contribution in [-0.4, -0.2) is 29.3 Å².